The van der Waals surface area contributed by atoms with Gasteiger partial charge in [0.15, 0.2) is 0 Å². The number of carbonyl (C=O) groups excluding carboxylic acids is 2. The van der Waals surface area contributed by atoms with Gasteiger partial charge in [-0.3, -0.25) is 4.79 Å². The minimum Gasteiger partial charge on any atom is -0.496 e. The molecule has 0 fully saturated rings. The molecule has 1 aromatic heterocycles. The highest BCUT2D eigenvalue weighted by atomic mass is 35.5. The zero-order valence-corrected chi connectivity index (χ0v) is 23.1. The molecule has 4 aromatic rings. The number of hydrogen-bond acceptors (Lipinski definition) is 7. The molecule has 0 radical (unpaired) electrons. The number of nitrogens with zero attached hydrogens (tertiary/aromatic N) is 1. The molecule has 1 amide bonds. The van der Waals surface area contributed by atoms with Crippen molar-refractivity contribution in [3.05, 3.63) is 87.3 Å². The van der Waals surface area contributed by atoms with Gasteiger partial charge in [-0.1, -0.05) is 53.5 Å². The quantitative estimate of drug-likeness (QED) is 0.237. The summed E-state index contributed by atoms with van der Waals surface area (Å²) in [6.07, 6.45) is 1.86. The Kier molecular flexibility index (Phi) is 8.89. The summed E-state index contributed by atoms with van der Waals surface area (Å²) in [4.78, 5) is 30.0. The Morgan fingerprint density at radius 3 is 2.11 bits per heavy atom. The van der Waals surface area contributed by atoms with Crippen LogP contribution in [0.1, 0.15) is 15.9 Å². The Morgan fingerprint density at radius 1 is 0.947 bits per heavy atom. The number of nitrogens with one attached hydrogen (secondary N) is 1. The van der Waals surface area contributed by atoms with Crippen LogP contribution in [-0.2, 0) is 16.0 Å². The van der Waals surface area contributed by atoms with Gasteiger partial charge in [-0.2, -0.15) is 0 Å². The zero-order chi connectivity index (χ0) is 27.2. The van der Waals surface area contributed by atoms with Crippen molar-refractivity contribution in [1.82, 2.24) is 10.3 Å². The molecule has 0 bridgehead atoms. The Hall–Kier alpha value is -3.59. The van der Waals surface area contributed by atoms with E-state index >= 15 is 0 Å². The summed E-state index contributed by atoms with van der Waals surface area (Å²) in [5, 5.41) is 5.58. The Morgan fingerprint density at radius 2 is 1.58 bits per heavy atom. The summed E-state index contributed by atoms with van der Waals surface area (Å²) < 4.78 is 16.0. The van der Waals surface area contributed by atoms with Crippen molar-refractivity contribution in [1.29, 1.82) is 0 Å². The molecule has 0 saturated heterocycles. The molecule has 0 aliphatic carbocycles. The topological polar surface area (TPSA) is 86.8 Å². The molecule has 1 N–H and O–H groups in total. The van der Waals surface area contributed by atoms with Crippen LogP contribution in [0.4, 0.5) is 0 Å². The van der Waals surface area contributed by atoms with Gasteiger partial charge in [-0.25, -0.2) is 9.78 Å². The number of thiazole rings is 1. The molecule has 0 aliphatic rings. The smallest absolute Gasteiger partial charge is 0.328 e. The predicted octanol–water partition coefficient (Wildman–Crippen LogP) is 6.32. The van der Waals surface area contributed by atoms with E-state index < -0.39 is 17.9 Å². The molecule has 0 aliphatic heterocycles. The highest BCUT2D eigenvalue weighted by molar-refractivity contribution is 7.13. The highest BCUT2D eigenvalue weighted by Crippen LogP contribution is 2.38. The first-order valence-corrected chi connectivity index (χ1v) is 13.1. The van der Waals surface area contributed by atoms with Crippen molar-refractivity contribution in [3.8, 4) is 33.2 Å². The molecule has 0 spiro atoms. The first-order chi connectivity index (χ1) is 18.4. The number of hydrogen-bond donors (Lipinski definition) is 1. The van der Waals surface area contributed by atoms with E-state index in [4.69, 9.17) is 37.4 Å². The van der Waals surface area contributed by atoms with Crippen LogP contribution in [0.15, 0.2) is 66.2 Å². The van der Waals surface area contributed by atoms with E-state index in [1.807, 2.05) is 47.8 Å². The first kappa shape index (κ1) is 27.4. The lowest BCUT2D eigenvalue weighted by atomic mass is 9.99. The van der Waals surface area contributed by atoms with Gasteiger partial charge in [0, 0.05) is 23.6 Å². The summed E-state index contributed by atoms with van der Waals surface area (Å²) >= 11 is 14.3. The van der Waals surface area contributed by atoms with E-state index in [-0.39, 0.29) is 22.0 Å². The lowest BCUT2D eigenvalue weighted by Crippen LogP contribution is -2.43. The van der Waals surface area contributed by atoms with Gasteiger partial charge < -0.3 is 19.5 Å². The minimum atomic E-state index is -0.968. The summed E-state index contributed by atoms with van der Waals surface area (Å²) in [5.41, 5.74) is 3.26. The fraction of sp³-hybridized carbons (Fsp3) is 0.179. The monoisotopic (exact) mass is 570 g/mol. The minimum absolute atomic E-state index is 0.0705. The normalized spacial score (nSPS) is 11.5. The molecule has 10 heteroatoms. The summed E-state index contributed by atoms with van der Waals surface area (Å²) in [5.74, 6) is 0.162. The number of carbonyl (C=O) groups is 2. The average Bonchev–Trinajstić information content (AvgIpc) is 3.47. The Labute approximate surface area is 234 Å². The number of ether oxygens (including phenoxy) is 3. The van der Waals surface area contributed by atoms with Crippen molar-refractivity contribution in [2.75, 3.05) is 21.3 Å². The zero-order valence-electron chi connectivity index (χ0n) is 20.8. The van der Waals surface area contributed by atoms with E-state index in [1.54, 1.807) is 32.5 Å². The molecule has 7 nitrogen and oxygen atoms in total. The number of rotatable bonds is 9. The standard InChI is InChI=1S/C28H24Cl2N2O5S/c1-35-22-5-4-6-23(36-2)24(22)17-9-7-16(8-10-17)13-21(28(34)37-3)32-26(33)25-19(29)14-18(15-20(25)30)27-31-11-12-38-27/h4-12,14-15,21H,13H2,1-3H3,(H,32,33)/t21-/m0/s1. The van der Waals surface area contributed by atoms with Gasteiger partial charge >= 0.3 is 5.97 Å². The highest BCUT2D eigenvalue weighted by Gasteiger charge is 2.26. The summed E-state index contributed by atoms with van der Waals surface area (Å²) in [6, 6.07) is 15.4. The lowest BCUT2D eigenvalue weighted by Gasteiger charge is -2.18. The molecule has 1 heterocycles. The van der Waals surface area contributed by atoms with Crippen LogP contribution in [0.2, 0.25) is 10.0 Å². The van der Waals surface area contributed by atoms with Gasteiger partial charge in [-0.05, 0) is 35.4 Å². The summed E-state index contributed by atoms with van der Waals surface area (Å²) in [6.45, 7) is 0. The SMILES string of the molecule is COC(=O)[C@H](Cc1ccc(-c2c(OC)cccc2OC)cc1)NC(=O)c1c(Cl)cc(-c2nccs2)cc1Cl. The van der Waals surface area contributed by atoms with Gasteiger partial charge in [0.25, 0.3) is 5.91 Å². The maximum absolute atomic E-state index is 13.2. The van der Waals surface area contributed by atoms with E-state index in [0.29, 0.717) is 17.1 Å². The molecular formula is C28H24Cl2N2O5S. The van der Waals surface area contributed by atoms with Crippen LogP contribution < -0.4 is 14.8 Å². The largest absolute Gasteiger partial charge is 0.496 e. The lowest BCUT2D eigenvalue weighted by molar-refractivity contribution is -0.142. The first-order valence-electron chi connectivity index (χ1n) is 11.4. The fourth-order valence-corrected chi connectivity index (χ4v) is 5.31. The van der Waals surface area contributed by atoms with E-state index in [2.05, 4.69) is 10.3 Å². The fourth-order valence-electron chi connectivity index (χ4n) is 4.02. The molecular weight excluding hydrogens is 547 g/mol. The Bertz CT molecular complexity index is 1400. The van der Waals surface area contributed by atoms with Crippen molar-refractivity contribution >= 4 is 46.4 Å². The van der Waals surface area contributed by atoms with Gasteiger partial charge in [0.1, 0.15) is 22.5 Å². The van der Waals surface area contributed by atoms with Gasteiger partial charge in [0.2, 0.25) is 0 Å². The third kappa shape index (κ3) is 5.93. The molecule has 0 saturated carbocycles. The second kappa shape index (κ2) is 12.3. The van der Waals surface area contributed by atoms with Crippen LogP contribution in [0.3, 0.4) is 0 Å². The number of amides is 1. The van der Waals surface area contributed by atoms with Gasteiger partial charge in [-0.15, -0.1) is 11.3 Å². The predicted molar refractivity (Wildman–Crippen MR) is 150 cm³/mol. The van der Waals surface area contributed by atoms with Crippen molar-refractivity contribution in [3.63, 3.8) is 0 Å². The summed E-state index contributed by atoms with van der Waals surface area (Å²) in [7, 11) is 4.46. The maximum atomic E-state index is 13.2. The van der Waals surface area contributed by atoms with E-state index in [1.165, 1.54) is 18.4 Å². The Balaban J connectivity index is 1.56. The van der Waals surface area contributed by atoms with Crippen LogP contribution in [-0.4, -0.2) is 44.2 Å². The number of methoxy groups -OCH3 is 3. The van der Waals surface area contributed by atoms with Crippen molar-refractivity contribution in [2.24, 2.45) is 0 Å². The molecule has 0 unspecified atom stereocenters. The van der Waals surface area contributed by atoms with Crippen LogP contribution in [0.25, 0.3) is 21.7 Å². The van der Waals surface area contributed by atoms with Crippen LogP contribution in [0.5, 0.6) is 11.5 Å². The van der Waals surface area contributed by atoms with Crippen LogP contribution in [0, 0.1) is 0 Å². The molecule has 196 valence electrons. The van der Waals surface area contributed by atoms with E-state index in [9.17, 15) is 9.59 Å². The molecule has 1 atom stereocenters. The van der Waals surface area contributed by atoms with E-state index in [0.717, 1.165) is 21.7 Å². The third-order valence-electron chi connectivity index (χ3n) is 5.85. The molecule has 38 heavy (non-hydrogen) atoms. The average molecular weight is 571 g/mol. The molecule has 4 rings (SSSR count). The van der Waals surface area contributed by atoms with Crippen molar-refractivity contribution in [2.45, 2.75) is 12.5 Å². The molecule has 3 aromatic carbocycles. The second-order valence-corrected chi connectivity index (χ2v) is 9.85. The third-order valence-corrected chi connectivity index (χ3v) is 7.27. The number of benzene rings is 3. The van der Waals surface area contributed by atoms with Crippen LogP contribution >= 0.6 is 34.5 Å². The van der Waals surface area contributed by atoms with Crippen molar-refractivity contribution < 1.29 is 23.8 Å². The number of esters is 1. The van der Waals surface area contributed by atoms with Gasteiger partial charge in [0.05, 0.1) is 42.5 Å². The number of halogens is 2. The number of aromatic nitrogens is 1. The second-order valence-electron chi connectivity index (χ2n) is 8.14. The maximum Gasteiger partial charge on any atom is 0.328 e.